The molecule has 1 saturated carbocycles. The molecule has 2 amide bonds. The Morgan fingerprint density at radius 1 is 1.29 bits per heavy atom. The first kappa shape index (κ1) is 16.0. The third kappa shape index (κ3) is 3.47. The second kappa shape index (κ2) is 4.85. The van der Waals surface area contributed by atoms with Crippen LogP contribution in [0.15, 0.2) is 0 Å². The summed E-state index contributed by atoms with van der Waals surface area (Å²) in [6, 6.07) is 0.190. The van der Waals surface area contributed by atoms with E-state index < -0.39 is 17.2 Å². The van der Waals surface area contributed by atoms with Crippen molar-refractivity contribution in [3.05, 3.63) is 0 Å². The number of halogens is 1. The Hall–Kier alpha value is -1.33. The first-order chi connectivity index (χ1) is 9.42. The van der Waals surface area contributed by atoms with Crippen molar-refractivity contribution >= 4 is 12.0 Å². The molecular formula is C15H25FN2O3. The minimum atomic E-state index is -1.87. The van der Waals surface area contributed by atoms with Crippen LogP contribution in [0.5, 0.6) is 0 Å². The maximum absolute atomic E-state index is 13.5. The molecule has 0 spiro atoms. The van der Waals surface area contributed by atoms with E-state index in [-0.39, 0.29) is 17.6 Å². The largest absolute Gasteiger partial charge is 0.444 e. The Morgan fingerprint density at radius 2 is 1.86 bits per heavy atom. The number of carbonyl (C=O) groups is 2. The summed E-state index contributed by atoms with van der Waals surface area (Å²) in [5.41, 5.74) is -2.49. The maximum Gasteiger partial charge on any atom is 0.410 e. The maximum atomic E-state index is 13.5. The molecular weight excluding hydrogens is 275 g/mol. The summed E-state index contributed by atoms with van der Waals surface area (Å²) in [5.74, 6) is -0.601. The number of hydrogen-bond acceptors (Lipinski definition) is 3. The topological polar surface area (TPSA) is 58.6 Å². The number of nitrogens with one attached hydrogen (secondary N) is 1. The molecule has 0 atom stereocenters. The lowest BCUT2D eigenvalue weighted by atomic mass is 9.70. The molecule has 1 aliphatic carbocycles. The van der Waals surface area contributed by atoms with Crippen LogP contribution >= 0.6 is 0 Å². The summed E-state index contributed by atoms with van der Waals surface area (Å²) in [6.45, 7) is 8.98. The quantitative estimate of drug-likeness (QED) is 0.869. The molecule has 3 fully saturated rings. The number of amides is 2. The molecule has 2 saturated heterocycles. The summed E-state index contributed by atoms with van der Waals surface area (Å²) in [5, 5.41) is 2.66. The summed E-state index contributed by atoms with van der Waals surface area (Å²) in [7, 11) is 0. The van der Waals surface area contributed by atoms with E-state index in [0.29, 0.717) is 13.1 Å². The highest BCUT2D eigenvalue weighted by Gasteiger charge is 2.57. The molecule has 2 aliphatic heterocycles. The highest BCUT2D eigenvalue weighted by molar-refractivity contribution is 5.84. The van der Waals surface area contributed by atoms with Crippen LogP contribution in [0.4, 0.5) is 9.18 Å². The van der Waals surface area contributed by atoms with Gasteiger partial charge in [-0.15, -0.1) is 0 Å². The minimum absolute atomic E-state index is 0.109. The zero-order valence-corrected chi connectivity index (χ0v) is 13.5. The van der Waals surface area contributed by atoms with Gasteiger partial charge in [0.05, 0.1) is 0 Å². The fraction of sp³-hybridized carbons (Fsp3) is 0.867. The highest BCUT2D eigenvalue weighted by atomic mass is 19.1. The average molecular weight is 300 g/mol. The minimum Gasteiger partial charge on any atom is -0.444 e. The summed E-state index contributed by atoms with van der Waals surface area (Å²) in [4.78, 5) is 25.4. The van der Waals surface area contributed by atoms with Crippen LogP contribution in [0.2, 0.25) is 0 Å². The summed E-state index contributed by atoms with van der Waals surface area (Å²) in [6.07, 6.45) is 1.39. The number of carbonyl (C=O) groups excluding carboxylic acids is 2. The SMILES string of the molecule is CC(C)(C)OC(=O)N1CC2(CNC(=O)C(C)(C)F)CC1C2. The molecule has 0 aromatic carbocycles. The van der Waals surface area contributed by atoms with Crippen molar-refractivity contribution in [3.63, 3.8) is 0 Å². The Balaban J connectivity index is 1.87. The molecule has 2 bridgehead atoms. The predicted octanol–water partition coefficient (Wildman–Crippen LogP) is 2.25. The van der Waals surface area contributed by atoms with E-state index in [9.17, 15) is 14.0 Å². The number of alkyl halides is 1. The first-order valence-corrected chi connectivity index (χ1v) is 7.39. The molecule has 0 aromatic heterocycles. The fourth-order valence-corrected chi connectivity index (χ4v) is 2.99. The molecule has 120 valence electrons. The van der Waals surface area contributed by atoms with Crippen molar-refractivity contribution in [3.8, 4) is 0 Å². The van der Waals surface area contributed by atoms with Crippen molar-refractivity contribution < 1.29 is 18.7 Å². The number of ether oxygens (including phenoxy) is 1. The Bertz CT molecular complexity index is 445. The van der Waals surface area contributed by atoms with E-state index in [1.807, 2.05) is 20.8 Å². The standard InChI is InChI=1S/C15H25FN2O3/c1-13(2,3)21-12(20)18-9-15(6-10(18)7-15)8-17-11(19)14(4,5)16/h10H,6-9H2,1-5H3,(H,17,19). The monoisotopic (exact) mass is 300 g/mol. The number of fused-ring (bicyclic) bond motifs is 1. The van der Waals surface area contributed by atoms with Crippen LogP contribution < -0.4 is 5.32 Å². The molecule has 0 aromatic rings. The van der Waals surface area contributed by atoms with Gasteiger partial charge in [-0.05, 0) is 47.5 Å². The van der Waals surface area contributed by atoms with Gasteiger partial charge < -0.3 is 15.0 Å². The van der Waals surface area contributed by atoms with Gasteiger partial charge in [-0.1, -0.05) is 0 Å². The van der Waals surface area contributed by atoms with Gasteiger partial charge in [-0.3, -0.25) is 4.79 Å². The van der Waals surface area contributed by atoms with Gasteiger partial charge in [0.25, 0.3) is 5.91 Å². The average Bonchev–Trinajstić information content (AvgIpc) is 2.76. The van der Waals surface area contributed by atoms with Gasteiger partial charge in [-0.2, -0.15) is 0 Å². The number of hydrogen-bond donors (Lipinski definition) is 1. The molecule has 5 nitrogen and oxygen atoms in total. The van der Waals surface area contributed by atoms with Crippen LogP contribution in [0.3, 0.4) is 0 Å². The number of rotatable bonds is 3. The van der Waals surface area contributed by atoms with Crippen LogP contribution in [0.25, 0.3) is 0 Å². The highest BCUT2D eigenvalue weighted by Crippen LogP contribution is 2.51. The third-order valence-electron chi connectivity index (χ3n) is 4.08. The Labute approximate surface area is 125 Å². The predicted molar refractivity (Wildman–Crippen MR) is 76.6 cm³/mol. The smallest absolute Gasteiger partial charge is 0.410 e. The Morgan fingerprint density at radius 3 is 2.33 bits per heavy atom. The van der Waals surface area contributed by atoms with Crippen LogP contribution in [-0.2, 0) is 9.53 Å². The molecule has 6 heteroatoms. The van der Waals surface area contributed by atoms with Gasteiger partial charge >= 0.3 is 6.09 Å². The Kier molecular flexibility index (Phi) is 3.71. The van der Waals surface area contributed by atoms with Gasteiger partial charge in [-0.25, -0.2) is 9.18 Å². The molecule has 21 heavy (non-hydrogen) atoms. The van der Waals surface area contributed by atoms with Gasteiger partial charge in [0.15, 0.2) is 5.67 Å². The van der Waals surface area contributed by atoms with Crippen molar-refractivity contribution in [2.75, 3.05) is 13.1 Å². The van der Waals surface area contributed by atoms with Crippen LogP contribution in [0.1, 0.15) is 47.5 Å². The number of nitrogens with zero attached hydrogens (tertiary/aromatic N) is 1. The summed E-state index contributed by atoms with van der Waals surface area (Å²) < 4.78 is 18.9. The van der Waals surface area contributed by atoms with Gasteiger partial charge in [0.1, 0.15) is 5.60 Å². The van der Waals surface area contributed by atoms with Crippen LogP contribution in [-0.4, -0.2) is 47.3 Å². The first-order valence-electron chi connectivity index (χ1n) is 7.39. The zero-order chi connectivity index (χ0) is 16.1. The lowest BCUT2D eigenvalue weighted by Gasteiger charge is -2.37. The molecule has 0 unspecified atom stereocenters. The van der Waals surface area contributed by atoms with Crippen molar-refractivity contribution in [2.45, 2.75) is 64.8 Å². The molecule has 0 radical (unpaired) electrons. The van der Waals surface area contributed by atoms with Crippen molar-refractivity contribution in [1.29, 1.82) is 0 Å². The lowest BCUT2D eigenvalue weighted by Crippen LogP contribution is -2.48. The van der Waals surface area contributed by atoms with E-state index in [1.165, 1.54) is 13.8 Å². The van der Waals surface area contributed by atoms with E-state index in [1.54, 1.807) is 4.90 Å². The van der Waals surface area contributed by atoms with E-state index in [0.717, 1.165) is 12.8 Å². The van der Waals surface area contributed by atoms with Crippen LogP contribution in [0, 0.1) is 5.41 Å². The fourth-order valence-electron chi connectivity index (χ4n) is 2.99. The van der Waals surface area contributed by atoms with E-state index >= 15 is 0 Å². The second-order valence-corrected chi connectivity index (χ2v) is 7.83. The molecule has 1 N–H and O–H groups in total. The van der Waals surface area contributed by atoms with Gasteiger partial charge in [0, 0.05) is 24.5 Å². The third-order valence-corrected chi connectivity index (χ3v) is 4.08. The van der Waals surface area contributed by atoms with Crippen molar-refractivity contribution in [2.24, 2.45) is 5.41 Å². The molecule has 3 aliphatic rings. The van der Waals surface area contributed by atoms with Gasteiger partial charge in [0.2, 0.25) is 0 Å². The lowest BCUT2D eigenvalue weighted by molar-refractivity contribution is -0.131. The van der Waals surface area contributed by atoms with E-state index in [4.69, 9.17) is 4.74 Å². The normalized spacial score (nSPS) is 28.1. The molecule has 2 heterocycles. The summed E-state index contributed by atoms with van der Waals surface area (Å²) >= 11 is 0. The van der Waals surface area contributed by atoms with E-state index in [2.05, 4.69) is 5.32 Å². The van der Waals surface area contributed by atoms with Crippen molar-refractivity contribution in [1.82, 2.24) is 10.2 Å². The zero-order valence-electron chi connectivity index (χ0n) is 13.5. The second-order valence-electron chi connectivity index (χ2n) is 7.83. The molecule has 3 rings (SSSR count).